The van der Waals surface area contributed by atoms with Gasteiger partial charge in [0.2, 0.25) is 0 Å². The van der Waals surface area contributed by atoms with Crippen LogP contribution in [0.1, 0.15) is 72.3 Å². The Labute approximate surface area is 233 Å². The molecule has 3 aromatic rings. The number of carbonyl (C=O) groups is 1. The summed E-state index contributed by atoms with van der Waals surface area (Å²) in [7, 11) is 0. The van der Waals surface area contributed by atoms with Crippen LogP contribution in [0.5, 0.6) is 5.75 Å². The molecule has 3 rings (SSSR count). The number of amides is 1. The van der Waals surface area contributed by atoms with Crippen LogP contribution in [-0.2, 0) is 6.18 Å². The number of nitrogens with two attached hydrogens (primary N) is 2. The van der Waals surface area contributed by atoms with Gasteiger partial charge in [-0.25, -0.2) is 0 Å². The van der Waals surface area contributed by atoms with E-state index in [0.717, 1.165) is 47.2 Å². The number of hydrogen-bond donors (Lipinski definition) is 3. The summed E-state index contributed by atoms with van der Waals surface area (Å²) < 4.78 is 45.6. The SMILES string of the molecule is Cc1cc(OC(CCC(C)(C)C)c2ccc(C(=O)NC/C(N)=N/N)cc2)cc(C)c1-c1ccc(C(F)(F)F)cc1. The second-order valence-corrected chi connectivity index (χ2v) is 11.1. The molecule has 0 spiro atoms. The highest BCUT2D eigenvalue weighted by atomic mass is 19.4. The van der Waals surface area contributed by atoms with E-state index in [1.165, 1.54) is 12.1 Å². The molecule has 0 saturated heterocycles. The molecule has 0 bridgehead atoms. The van der Waals surface area contributed by atoms with Crippen molar-refractivity contribution < 1.29 is 22.7 Å². The molecule has 1 unspecified atom stereocenters. The zero-order valence-corrected chi connectivity index (χ0v) is 23.5. The molecule has 1 atom stereocenters. The number of carbonyl (C=O) groups excluding carboxylic acids is 1. The van der Waals surface area contributed by atoms with Gasteiger partial charge in [-0.2, -0.15) is 18.3 Å². The Bertz CT molecular complexity index is 1320. The Kier molecular flexibility index (Phi) is 9.50. The van der Waals surface area contributed by atoms with Gasteiger partial charge < -0.3 is 21.6 Å². The molecule has 3 aromatic carbocycles. The molecule has 0 aliphatic heterocycles. The Hall–Kier alpha value is -4.01. The molecule has 5 N–H and O–H groups in total. The summed E-state index contributed by atoms with van der Waals surface area (Å²) in [6.45, 7) is 10.4. The van der Waals surface area contributed by atoms with Crippen LogP contribution in [-0.4, -0.2) is 18.3 Å². The predicted octanol–water partition coefficient (Wildman–Crippen LogP) is 6.90. The average Bonchev–Trinajstić information content (AvgIpc) is 2.88. The van der Waals surface area contributed by atoms with Gasteiger partial charge in [0.1, 0.15) is 17.7 Å². The summed E-state index contributed by atoms with van der Waals surface area (Å²) >= 11 is 0. The van der Waals surface area contributed by atoms with Gasteiger partial charge >= 0.3 is 6.18 Å². The number of halogens is 3. The van der Waals surface area contributed by atoms with Gasteiger partial charge in [-0.1, -0.05) is 45.0 Å². The Balaban J connectivity index is 1.85. The minimum Gasteiger partial charge on any atom is -0.486 e. The number of nitrogens with one attached hydrogen (secondary N) is 1. The quantitative estimate of drug-likeness (QED) is 0.116. The fourth-order valence-corrected chi connectivity index (χ4v) is 4.46. The lowest BCUT2D eigenvalue weighted by Crippen LogP contribution is -2.34. The van der Waals surface area contributed by atoms with E-state index < -0.39 is 11.7 Å². The highest BCUT2D eigenvalue weighted by Crippen LogP contribution is 2.37. The smallest absolute Gasteiger partial charge is 0.416 e. The molecule has 1 amide bonds. The number of benzene rings is 3. The molecule has 0 heterocycles. The monoisotopic (exact) mass is 554 g/mol. The molecule has 0 aromatic heterocycles. The van der Waals surface area contributed by atoms with Crippen molar-refractivity contribution in [3.8, 4) is 16.9 Å². The zero-order chi connectivity index (χ0) is 29.7. The minimum absolute atomic E-state index is 0.0512. The minimum atomic E-state index is -4.38. The molecule has 6 nitrogen and oxygen atoms in total. The maximum Gasteiger partial charge on any atom is 0.416 e. The number of hydrogen-bond acceptors (Lipinski definition) is 4. The molecular formula is C31H37F3N4O2. The van der Waals surface area contributed by atoms with Gasteiger partial charge in [0.05, 0.1) is 12.1 Å². The van der Waals surface area contributed by atoms with Gasteiger partial charge in [0, 0.05) is 5.56 Å². The van der Waals surface area contributed by atoms with Crippen LogP contribution in [0, 0.1) is 19.3 Å². The standard InChI is InChI=1S/C31H37F3N4O2/c1-19-16-25(17-20(2)28(19)22-10-12-24(13-11-22)31(32,33)34)40-26(14-15-30(3,4)5)21-6-8-23(9-7-21)29(39)37-18-27(35)38-36/h6-13,16-17,26H,14-15,18,36H2,1-5H3,(H2,35,38)(H,37,39). The normalized spacial score (nSPS) is 13.2. The molecule has 9 heteroatoms. The number of rotatable bonds is 9. The third kappa shape index (κ3) is 8.24. The van der Waals surface area contributed by atoms with Gasteiger partial charge in [-0.05, 0) is 96.3 Å². The summed E-state index contributed by atoms with van der Waals surface area (Å²) in [5.74, 6) is 5.60. The lowest BCUT2D eigenvalue weighted by Gasteiger charge is -2.25. The number of hydrazone groups is 1. The number of amidine groups is 1. The zero-order valence-electron chi connectivity index (χ0n) is 23.5. The number of nitrogens with zero attached hydrogens (tertiary/aromatic N) is 1. The van der Waals surface area contributed by atoms with Crippen molar-refractivity contribution in [3.63, 3.8) is 0 Å². The van der Waals surface area contributed by atoms with Crippen molar-refractivity contribution in [1.82, 2.24) is 5.32 Å². The Morgan fingerprint density at radius 1 is 0.975 bits per heavy atom. The van der Waals surface area contributed by atoms with E-state index in [-0.39, 0.29) is 29.8 Å². The first-order valence-corrected chi connectivity index (χ1v) is 13.0. The molecule has 214 valence electrons. The Morgan fingerprint density at radius 3 is 2.05 bits per heavy atom. The van der Waals surface area contributed by atoms with Gasteiger partial charge in [0.25, 0.3) is 5.91 Å². The first-order chi connectivity index (χ1) is 18.7. The fraction of sp³-hybridized carbons (Fsp3) is 0.355. The third-order valence-corrected chi connectivity index (χ3v) is 6.58. The van der Waals surface area contributed by atoms with Gasteiger partial charge in [-0.3, -0.25) is 4.79 Å². The van der Waals surface area contributed by atoms with Crippen molar-refractivity contribution in [2.45, 2.75) is 59.7 Å². The van der Waals surface area contributed by atoms with Crippen LogP contribution in [0.2, 0.25) is 0 Å². The summed E-state index contributed by atoms with van der Waals surface area (Å²) in [5, 5.41) is 6.00. The van der Waals surface area contributed by atoms with E-state index in [0.29, 0.717) is 16.9 Å². The molecule has 0 fully saturated rings. The second kappa shape index (κ2) is 12.4. The summed E-state index contributed by atoms with van der Waals surface area (Å²) in [6, 6.07) is 16.2. The van der Waals surface area contributed by atoms with Crippen LogP contribution in [0.25, 0.3) is 11.1 Å². The van der Waals surface area contributed by atoms with E-state index in [4.69, 9.17) is 16.3 Å². The Morgan fingerprint density at radius 2 is 1.55 bits per heavy atom. The van der Waals surface area contributed by atoms with Crippen molar-refractivity contribution in [2.75, 3.05) is 6.54 Å². The van der Waals surface area contributed by atoms with Crippen molar-refractivity contribution in [3.05, 3.63) is 88.5 Å². The molecular weight excluding hydrogens is 517 g/mol. The molecule has 0 radical (unpaired) electrons. The number of ether oxygens (including phenoxy) is 1. The van der Waals surface area contributed by atoms with Crippen molar-refractivity contribution in [2.24, 2.45) is 22.1 Å². The largest absolute Gasteiger partial charge is 0.486 e. The third-order valence-electron chi connectivity index (χ3n) is 6.58. The van der Waals surface area contributed by atoms with E-state index in [1.807, 2.05) is 38.1 Å². The highest BCUT2D eigenvalue weighted by Gasteiger charge is 2.30. The summed E-state index contributed by atoms with van der Waals surface area (Å²) in [5.41, 5.74) is 9.74. The van der Waals surface area contributed by atoms with Crippen LogP contribution >= 0.6 is 0 Å². The first-order valence-electron chi connectivity index (χ1n) is 13.0. The van der Waals surface area contributed by atoms with E-state index in [2.05, 4.69) is 31.2 Å². The topological polar surface area (TPSA) is 103 Å². The van der Waals surface area contributed by atoms with E-state index in [9.17, 15) is 18.0 Å². The summed E-state index contributed by atoms with van der Waals surface area (Å²) in [6.07, 6.45) is -3.00. The number of aryl methyl sites for hydroxylation is 2. The van der Waals surface area contributed by atoms with Gasteiger partial charge in [0.15, 0.2) is 0 Å². The lowest BCUT2D eigenvalue weighted by molar-refractivity contribution is -0.137. The highest BCUT2D eigenvalue weighted by molar-refractivity contribution is 5.97. The maximum absolute atomic E-state index is 13.0. The van der Waals surface area contributed by atoms with Crippen molar-refractivity contribution in [1.29, 1.82) is 0 Å². The van der Waals surface area contributed by atoms with E-state index >= 15 is 0 Å². The molecule has 0 aliphatic rings. The molecule has 0 aliphatic carbocycles. The number of alkyl halides is 3. The van der Waals surface area contributed by atoms with Gasteiger partial charge in [-0.15, -0.1) is 0 Å². The van der Waals surface area contributed by atoms with E-state index in [1.54, 1.807) is 12.1 Å². The second-order valence-electron chi connectivity index (χ2n) is 11.1. The van der Waals surface area contributed by atoms with Crippen LogP contribution < -0.4 is 21.6 Å². The first kappa shape index (κ1) is 30.5. The maximum atomic E-state index is 13.0. The lowest BCUT2D eigenvalue weighted by atomic mass is 9.88. The fourth-order valence-electron chi connectivity index (χ4n) is 4.46. The molecule has 0 saturated carbocycles. The van der Waals surface area contributed by atoms with Crippen LogP contribution in [0.4, 0.5) is 13.2 Å². The van der Waals surface area contributed by atoms with Crippen molar-refractivity contribution >= 4 is 11.7 Å². The predicted molar refractivity (Wildman–Crippen MR) is 153 cm³/mol. The van der Waals surface area contributed by atoms with Crippen LogP contribution in [0.15, 0.2) is 65.8 Å². The van der Waals surface area contributed by atoms with Crippen LogP contribution in [0.3, 0.4) is 0 Å². The summed E-state index contributed by atoms with van der Waals surface area (Å²) in [4.78, 5) is 12.4. The average molecular weight is 555 g/mol. The molecule has 40 heavy (non-hydrogen) atoms.